The predicted molar refractivity (Wildman–Crippen MR) is 101 cm³/mol. The first-order valence-electron chi connectivity index (χ1n) is 8.53. The van der Waals surface area contributed by atoms with Crippen molar-refractivity contribution in [2.75, 3.05) is 13.2 Å². The first-order valence-corrected chi connectivity index (χ1v) is 9.41. The summed E-state index contributed by atoms with van der Waals surface area (Å²) in [5.74, 6) is 0. The minimum atomic E-state index is -0.291. The smallest absolute Gasteiger partial charge is 0.261 e. The lowest BCUT2D eigenvalue weighted by Crippen LogP contribution is -2.34. The summed E-state index contributed by atoms with van der Waals surface area (Å²) in [4.78, 5) is 22.0. The number of nitrogens with zero attached hydrogens (tertiary/aromatic N) is 3. The van der Waals surface area contributed by atoms with E-state index in [-0.39, 0.29) is 17.8 Å². The molecular weight excluding hydrogens is 336 g/mol. The van der Waals surface area contributed by atoms with Gasteiger partial charge in [0.15, 0.2) is 0 Å². The van der Waals surface area contributed by atoms with E-state index in [1.807, 2.05) is 36.8 Å². The zero-order chi connectivity index (χ0) is 18.0. The van der Waals surface area contributed by atoms with Gasteiger partial charge in [0.05, 0.1) is 24.4 Å². The van der Waals surface area contributed by atoms with Crippen LogP contribution in [-0.2, 0) is 4.74 Å². The summed E-state index contributed by atoms with van der Waals surface area (Å²) in [6, 6.07) is 1.95. The van der Waals surface area contributed by atoms with E-state index in [1.54, 1.807) is 6.20 Å². The van der Waals surface area contributed by atoms with Gasteiger partial charge in [-0.2, -0.15) is 0 Å². The Labute approximate surface area is 151 Å². The molecule has 1 aliphatic rings. The Morgan fingerprint density at radius 2 is 2.36 bits per heavy atom. The molecule has 134 valence electrons. The lowest BCUT2D eigenvalue weighted by molar-refractivity contribution is 0.0573. The molecule has 2 atom stereocenters. The maximum absolute atomic E-state index is 13.2. The summed E-state index contributed by atoms with van der Waals surface area (Å²) in [7, 11) is 0. The molecule has 1 fully saturated rings. The second-order valence-electron chi connectivity index (χ2n) is 6.40. The monoisotopic (exact) mass is 360 g/mol. The van der Waals surface area contributed by atoms with Crippen molar-refractivity contribution in [1.82, 2.24) is 9.55 Å². The molecular formula is C18H24N4O2S. The quantitative estimate of drug-likeness (QED) is 0.850. The van der Waals surface area contributed by atoms with Crippen LogP contribution in [0, 0.1) is 6.92 Å². The Balaban J connectivity index is 2.22. The van der Waals surface area contributed by atoms with Crippen LogP contribution in [0.25, 0.3) is 10.6 Å². The molecule has 1 aliphatic heterocycles. The van der Waals surface area contributed by atoms with Crippen LogP contribution < -0.4 is 11.3 Å². The van der Waals surface area contributed by atoms with E-state index < -0.39 is 0 Å². The van der Waals surface area contributed by atoms with Gasteiger partial charge in [-0.3, -0.25) is 9.79 Å². The van der Waals surface area contributed by atoms with Crippen molar-refractivity contribution >= 4 is 17.0 Å². The molecule has 0 radical (unpaired) electrons. The lowest BCUT2D eigenvalue weighted by atomic mass is 10.0. The van der Waals surface area contributed by atoms with E-state index in [9.17, 15) is 4.79 Å². The molecule has 0 saturated carbocycles. The number of aliphatic imine (C=N–C) groups is 1. The lowest BCUT2D eigenvalue weighted by Gasteiger charge is -2.27. The standard InChI is InChI=1S/C18H24N4O2S/c1-11(21-13(3)19)15-9-16(17-20-6-8-25-17)18(23)22(12(15)2)14-5-4-7-24-10-14/h6,8-9,13-14H,4-5,7,10,19H2,1-3H3/b21-11-/t13?,14-/m0/s1. The van der Waals surface area contributed by atoms with Crippen LogP contribution in [0.1, 0.15) is 44.0 Å². The highest BCUT2D eigenvalue weighted by molar-refractivity contribution is 7.13. The van der Waals surface area contributed by atoms with Crippen LogP contribution in [0.5, 0.6) is 0 Å². The first-order chi connectivity index (χ1) is 12.0. The molecule has 2 aromatic heterocycles. The maximum Gasteiger partial charge on any atom is 0.261 e. The van der Waals surface area contributed by atoms with Gasteiger partial charge in [0.1, 0.15) is 5.01 Å². The minimum Gasteiger partial charge on any atom is -0.379 e. The van der Waals surface area contributed by atoms with Crippen LogP contribution in [-0.4, -0.2) is 34.6 Å². The predicted octanol–water partition coefficient (Wildman–Crippen LogP) is 2.75. The molecule has 0 spiro atoms. The molecule has 1 unspecified atom stereocenters. The van der Waals surface area contributed by atoms with Crippen molar-refractivity contribution in [3.63, 3.8) is 0 Å². The fraction of sp³-hybridized carbons (Fsp3) is 0.500. The number of hydrogen-bond acceptors (Lipinski definition) is 6. The largest absolute Gasteiger partial charge is 0.379 e. The van der Waals surface area contributed by atoms with Crippen LogP contribution >= 0.6 is 11.3 Å². The van der Waals surface area contributed by atoms with Gasteiger partial charge in [-0.25, -0.2) is 4.98 Å². The van der Waals surface area contributed by atoms with E-state index in [4.69, 9.17) is 10.5 Å². The third-order valence-corrected chi connectivity index (χ3v) is 5.25. The van der Waals surface area contributed by atoms with Gasteiger partial charge in [-0.15, -0.1) is 11.3 Å². The van der Waals surface area contributed by atoms with Gasteiger partial charge in [0.25, 0.3) is 5.56 Å². The van der Waals surface area contributed by atoms with Crippen molar-refractivity contribution in [3.05, 3.63) is 39.3 Å². The molecule has 7 heteroatoms. The van der Waals surface area contributed by atoms with Crippen molar-refractivity contribution in [1.29, 1.82) is 0 Å². The summed E-state index contributed by atoms with van der Waals surface area (Å²) >= 11 is 1.47. The average Bonchev–Trinajstić information content (AvgIpc) is 3.09. The average molecular weight is 360 g/mol. The normalized spacial score (nSPS) is 19.8. The van der Waals surface area contributed by atoms with Gasteiger partial charge >= 0.3 is 0 Å². The molecule has 0 aliphatic carbocycles. The Hall–Kier alpha value is -1.83. The number of thiazole rings is 1. The van der Waals surface area contributed by atoms with Gasteiger partial charge in [-0.1, -0.05) is 0 Å². The molecule has 0 aromatic carbocycles. The summed E-state index contributed by atoms with van der Waals surface area (Å²) < 4.78 is 7.49. The Morgan fingerprint density at radius 1 is 1.56 bits per heavy atom. The zero-order valence-electron chi connectivity index (χ0n) is 14.9. The van der Waals surface area contributed by atoms with Crippen LogP contribution in [0.3, 0.4) is 0 Å². The number of ether oxygens (including phenoxy) is 1. The molecule has 2 aromatic rings. The highest BCUT2D eigenvalue weighted by Crippen LogP contribution is 2.26. The number of pyridine rings is 1. The molecule has 3 rings (SSSR count). The van der Waals surface area contributed by atoms with Crippen molar-refractivity contribution in [3.8, 4) is 10.6 Å². The fourth-order valence-corrected chi connectivity index (χ4v) is 3.99. The summed E-state index contributed by atoms with van der Waals surface area (Å²) in [6.45, 7) is 7.06. The summed E-state index contributed by atoms with van der Waals surface area (Å²) in [5.41, 5.74) is 9.11. The second kappa shape index (κ2) is 7.59. The molecule has 6 nitrogen and oxygen atoms in total. The number of hydrogen-bond donors (Lipinski definition) is 1. The fourth-order valence-electron chi connectivity index (χ4n) is 3.34. The highest BCUT2D eigenvalue weighted by atomic mass is 32.1. The Bertz CT molecular complexity index is 818. The molecule has 3 heterocycles. The van der Waals surface area contributed by atoms with E-state index in [2.05, 4.69) is 9.98 Å². The van der Waals surface area contributed by atoms with Gasteiger partial charge < -0.3 is 15.0 Å². The topological polar surface area (TPSA) is 82.5 Å². The highest BCUT2D eigenvalue weighted by Gasteiger charge is 2.23. The van der Waals surface area contributed by atoms with Crippen molar-refractivity contribution in [2.45, 2.75) is 45.8 Å². The molecule has 2 N–H and O–H groups in total. The summed E-state index contributed by atoms with van der Waals surface area (Å²) in [5, 5.41) is 2.61. The van der Waals surface area contributed by atoms with Crippen LogP contribution in [0.2, 0.25) is 0 Å². The zero-order valence-corrected chi connectivity index (χ0v) is 15.7. The van der Waals surface area contributed by atoms with E-state index in [1.165, 1.54) is 11.3 Å². The third kappa shape index (κ3) is 3.73. The number of rotatable bonds is 4. The van der Waals surface area contributed by atoms with E-state index >= 15 is 0 Å². The number of nitrogens with two attached hydrogens (primary N) is 1. The number of aromatic nitrogens is 2. The SMILES string of the molecule is C/C(=N/C(C)N)c1cc(-c2nccs2)c(=O)n([C@H]2CCCOC2)c1C. The van der Waals surface area contributed by atoms with Gasteiger partial charge in [0, 0.05) is 35.2 Å². The molecule has 0 bridgehead atoms. The van der Waals surface area contributed by atoms with Crippen LogP contribution in [0.4, 0.5) is 0 Å². The Morgan fingerprint density at radius 3 is 2.96 bits per heavy atom. The van der Waals surface area contributed by atoms with Crippen LogP contribution in [0.15, 0.2) is 27.4 Å². The Kier molecular flexibility index (Phi) is 5.46. The maximum atomic E-state index is 13.2. The van der Waals surface area contributed by atoms with E-state index in [0.29, 0.717) is 12.2 Å². The minimum absolute atomic E-state index is 0.0136. The molecule has 1 saturated heterocycles. The summed E-state index contributed by atoms with van der Waals surface area (Å²) in [6.07, 6.45) is 3.32. The molecule has 25 heavy (non-hydrogen) atoms. The van der Waals surface area contributed by atoms with Gasteiger partial charge in [0.2, 0.25) is 0 Å². The second-order valence-corrected chi connectivity index (χ2v) is 7.29. The first kappa shape index (κ1) is 18.0. The molecule has 0 amide bonds. The van der Waals surface area contributed by atoms with E-state index in [0.717, 1.165) is 41.4 Å². The van der Waals surface area contributed by atoms with Crippen molar-refractivity contribution < 1.29 is 4.74 Å². The van der Waals surface area contributed by atoms with Crippen molar-refractivity contribution in [2.24, 2.45) is 10.7 Å². The van der Waals surface area contributed by atoms with Gasteiger partial charge in [-0.05, 0) is 39.7 Å². The third-order valence-electron chi connectivity index (χ3n) is 4.44.